The molecular formula is C64H72N3OPt-. The van der Waals surface area contributed by atoms with Crippen molar-refractivity contribution in [2.24, 2.45) is 0 Å². The van der Waals surface area contributed by atoms with E-state index in [1.807, 2.05) is 53.1 Å². The van der Waals surface area contributed by atoms with Crippen molar-refractivity contribution in [3.8, 4) is 67.5 Å². The molecule has 0 saturated heterocycles. The first-order chi connectivity index (χ1) is 35.7. The Morgan fingerprint density at radius 1 is 0.551 bits per heavy atom. The number of phenolic OH excluding ortho intramolecular Hbond substituents is 1. The molecule has 0 bridgehead atoms. The van der Waals surface area contributed by atoms with E-state index >= 15 is 0 Å². The second-order valence-electron chi connectivity index (χ2n) is 23.5. The Kier molecular flexibility index (Phi) is 10.4. The van der Waals surface area contributed by atoms with Crippen LogP contribution in [0.5, 0.6) is 5.75 Å². The number of aromatic hydroxyl groups is 1. The van der Waals surface area contributed by atoms with Gasteiger partial charge in [0.25, 0.3) is 0 Å². The second kappa shape index (κ2) is 18.3. The van der Waals surface area contributed by atoms with Gasteiger partial charge >= 0.3 is 0 Å². The van der Waals surface area contributed by atoms with Crippen LogP contribution in [0.4, 0.5) is 0 Å². The van der Waals surface area contributed by atoms with E-state index in [9.17, 15) is 9.22 Å². The Balaban J connectivity index is 0.00000903. The van der Waals surface area contributed by atoms with Gasteiger partial charge in [-0.2, -0.15) is 0 Å². The molecule has 0 aliphatic rings. The summed E-state index contributed by atoms with van der Waals surface area (Å²) in [6.07, 6.45) is 1.52. The van der Waals surface area contributed by atoms with E-state index in [-0.39, 0.29) is 54.2 Å². The third-order valence-electron chi connectivity index (χ3n) is 12.9. The van der Waals surface area contributed by atoms with Gasteiger partial charge in [0.1, 0.15) is 11.6 Å². The first-order valence-electron chi connectivity index (χ1n) is 28.5. The van der Waals surface area contributed by atoms with E-state index < -0.39 is 54.3 Å². The summed E-state index contributed by atoms with van der Waals surface area (Å²) < 4.78 is 88.3. The summed E-state index contributed by atoms with van der Waals surface area (Å²) >= 11 is 0. The molecule has 360 valence electrons. The van der Waals surface area contributed by atoms with Crippen molar-refractivity contribution >= 4 is 11.0 Å². The molecule has 8 aromatic rings. The Hall–Kier alpha value is -5.57. The second-order valence-corrected chi connectivity index (χ2v) is 23.5. The number of aromatic nitrogens is 3. The van der Waals surface area contributed by atoms with E-state index in [0.717, 1.165) is 38.9 Å². The molecule has 0 fully saturated rings. The van der Waals surface area contributed by atoms with Gasteiger partial charge in [-0.1, -0.05) is 193 Å². The fourth-order valence-electron chi connectivity index (χ4n) is 8.60. The quantitative estimate of drug-likeness (QED) is 0.169. The van der Waals surface area contributed by atoms with Crippen molar-refractivity contribution in [3.63, 3.8) is 0 Å². The zero-order valence-electron chi connectivity index (χ0n) is 52.8. The molecule has 2 heterocycles. The number of imidazole rings is 1. The van der Waals surface area contributed by atoms with Crippen LogP contribution in [0, 0.1) is 19.8 Å². The van der Waals surface area contributed by atoms with Gasteiger partial charge in [0.15, 0.2) is 0 Å². The maximum Gasteiger partial charge on any atom is 0.148 e. The summed E-state index contributed by atoms with van der Waals surface area (Å²) in [5.41, 5.74) is 8.85. The van der Waals surface area contributed by atoms with Crippen LogP contribution in [-0.2, 0) is 48.1 Å². The van der Waals surface area contributed by atoms with Gasteiger partial charge in [-0.15, -0.1) is 29.3 Å². The summed E-state index contributed by atoms with van der Waals surface area (Å²) in [7, 11) is 0. The molecule has 69 heavy (non-hydrogen) atoms. The van der Waals surface area contributed by atoms with Crippen molar-refractivity contribution in [3.05, 3.63) is 166 Å². The van der Waals surface area contributed by atoms with Gasteiger partial charge < -0.3 is 5.11 Å². The average Bonchev–Trinajstić information content (AvgIpc) is 3.85. The summed E-state index contributed by atoms with van der Waals surface area (Å²) in [6, 6.07) is 30.6. The van der Waals surface area contributed by atoms with Crippen molar-refractivity contribution in [2.75, 3.05) is 0 Å². The number of fused-ring (bicyclic) bond motifs is 1. The SMILES string of the molecule is [2H]c1c([2H])c(C([2H])([2H])[2H])c([2H])c([2H])c1-c1ccnc(-c2[c-]c(-c3cccc4c3nc(-c3cc(C(C)(C)C)cc(C(C)(C)C)c3O)n4-c3ccc(-c4cc(C(C)(C)C)cc(C(C)(C)C)c4)cc3C([2H])([2H])[2H])cc(C(C)(C)C)c2)c1.[Pt]. The number of phenols is 1. The maximum atomic E-state index is 12.6. The Labute approximate surface area is 442 Å². The van der Waals surface area contributed by atoms with Gasteiger partial charge in [0, 0.05) is 46.7 Å². The largest absolute Gasteiger partial charge is 0.507 e. The summed E-state index contributed by atoms with van der Waals surface area (Å²) in [5, 5.41) is 12.6. The fourth-order valence-corrected chi connectivity index (χ4v) is 8.60. The third-order valence-corrected chi connectivity index (χ3v) is 12.9. The summed E-state index contributed by atoms with van der Waals surface area (Å²) in [5.74, 6) is 0.388. The van der Waals surface area contributed by atoms with Crippen LogP contribution in [-0.4, -0.2) is 19.6 Å². The first-order valence-corrected chi connectivity index (χ1v) is 23.5. The van der Waals surface area contributed by atoms with Crippen LogP contribution < -0.4 is 0 Å². The van der Waals surface area contributed by atoms with Gasteiger partial charge in [-0.25, -0.2) is 4.98 Å². The molecule has 0 unspecified atom stereocenters. The van der Waals surface area contributed by atoms with E-state index in [1.165, 1.54) is 6.20 Å². The Bertz CT molecular complexity index is 3620. The molecule has 0 saturated carbocycles. The Morgan fingerprint density at radius 2 is 1.14 bits per heavy atom. The molecule has 6 aromatic carbocycles. The van der Waals surface area contributed by atoms with Crippen molar-refractivity contribution in [1.29, 1.82) is 0 Å². The van der Waals surface area contributed by atoms with Gasteiger partial charge in [-0.05, 0) is 116 Å². The molecule has 4 nitrogen and oxygen atoms in total. The molecule has 0 radical (unpaired) electrons. The molecule has 0 atom stereocenters. The third kappa shape index (κ3) is 10.5. The van der Waals surface area contributed by atoms with Gasteiger partial charge in [0.2, 0.25) is 0 Å². The zero-order valence-corrected chi connectivity index (χ0v) is 45.1. The minimum absolute atomic E-state index is 0. The topological polar surface area (TPSA) is 50.9 Å². The predicted octanol–water partition coefficient (Wildman–Crippen LogP) is 17.4. The molecule has 8 rings (SSSR count). The monoisotopic (exact) mass is 1100 g/mol. The summed E-state index contributed by atoms with van der Waals surface area (Å²) in [6.45, 7) is 26.4. The predicted molar refractivity (Wildman–Crippen MR) is 290 cm³/mol. The first kappa shape index (κ1) is 39.2. The minimum Gasteiger partial charge on any atom is -0.507 e. The zero-order chi connectivity index (χ0) is 57.9. The minimum atomic E-state index is -2.86. The van der Waals surface area contributed by atoms with Crippen LogP contribution >= 0.6 is 0 Å². The molecule has 0 spiro atoms. The normalized spacial score (nSPS) is 15.1. The molecule has 1 N–H and O–H groups in total. The standard InChI is InChI=1S/C64H72N3O.Pt/c1-39-21-23-41(24-22-39)43-27-28-65-54(35-43)46-30-45(33-47(34-46)60(3,4)5)51-19-18-20-56-57(51)66-59(52-37-50(63(12,13)14)38-53(58(52)68)64(15,16)17)67(56)55-26-25-42(29-40(55)2)44-31-48(61(6,7)8)36-49(32-44)62(9,10)11;/h18-29,31-38,68H,1-17H3;/q-1;/i1D3,2D3,21D,22D,23D,24D;. The summed E-state index contributed by atoms with van der Waals surface area (Å²) in [4.78, 5) is 10.2. The van der Waals surface area contributed by atoms with Crippen LogP contribution in [0.1, 0.15) is 157 Å². The fraction of sp³-hybridized carbons (Fsp3) is 0.344. The van der Waals surface area contributed by atoms with E-state index in [1.54, 1.807) is 18.2 Å². The number of hydrogen-bond donors (Lipinski definition) is 1. The molecule has 0 aliphatic heterocycles. The van der Waals surface area contributed by atoms with Gasteiger partial charge in [-0.3, -0.25) is 9.55 Å². The molecule has 5 heteroatoms. The number of hydrogen-bond acceptors (Lipinski definition) is 3. The number of nitrogens with zero attached hydrogens (tertiary/aromatic N) is 3. The van der Waals surface area contributed by atoms with E-state index in [4.69, 9.17) is 19.6 Å². The Morgan fingerprint density at radius 3 is 1.74 bits per heavy atom. The maximum absolute atomic E-state index is 12.6. The molecule has 0 amide bonds. The average molecular weight is 1100 g/mol. The molecule has 2 aromatic heterocycles. The van der Waals surface area contributed by atoms with Crippen LogP contribution in [0.15, 0.2) is 121 Å². The molecular weight excluding hydrogens is 1020 g/mol. The van der Waals surface area contributed by atoms with Crippen LogP contribution in [0.25, 0.3) is 72.7 Å². The smallest absolute Gasteiger partial charge is 0.148 e. The number of para-hydroxylation sites is 1. The van der Waals surface area contributed by atoms with Crippen LogP contribution in [0.3, 0.4) is 0 Å². The molecule has 0 aliphatic carbocycles. The van der Waals surface area contributed by atoms with Gasteiger partial charge in [0.05, 0.1) is 27.8 Å². The van der Waals surface area contributed by atoms with Crippen molar-refractivity contribution in [2.45, 2.75) is 145 Å². The number of rotatable bonds is 6. The van der Waals surface area contributed by atoms with Crippen LogP contribution in [0.2, 0.25) is 0 Å². The number of pyridine rings is 1. The number of aryl methyl sites for hydroxylation is 1. The van der Waals surface area contributed by atoms with Crippen molar-refractivity contribution < 1.29 is 39.9 Å². The van der Waals surface area contributed by atoms with Crippen molar-refractivity contribution in [1.82, 2.24) is 14.5 Å². The van der Waals surface area contributed by atoms with E-state index in [2.05, 4.69) is 134 Å². The number of benzene rings is 6. The van der Waals surface area contributed by atoms with E-state index in [0.29, 0.717) is 56.1 Å².